The minimum absolute atomic E-state index is 0.0343. The van der Waals surface area contributed by atoms with Crippen LogP contribution in [0.3, 0.4) is 0 Å². The molecule has 1 heterocycles. The van der Waals surface area contributed by atoms with Gasteiger partial charge in [-0.1, -0.05) is 31.0 Å². The number of carbonyl (C=O) groups is 2. The average molecular weight is 315 g/mol. The van der Waals surface area contributed by atoms with E-state index < -0.39 is 0 Å². The van der Waals surface area contributed by atoms with Crippen molar-refractivity contribution in [1.29, 1.82) is 0 Å². The molecular weight excluding hydrogens is 290 g/mol. The molecule has 1 aliphatic carbocycles. The maximum Gasteiger partial charge on any atom is 0.322 e. The molecule has 2 N–H and O–H groups in total. The summed E-state index contributed by atoms with van der Waals surface area (Å²) in [4.78, 5) is 26.1. The van der Waals surface area contributed by atoms with Crippen molar-refractivity contribution in [3.8, 4) is 0 Å². The Morgan fingerprint density at radius 1 is 1.22 bits per heavy atom. The van der Waals surface area contributed by atoms with Crippen LogP contribution in [0.15, 0.2) is 24.3 Å². The second kappa shape index (κ2) is 7.02. The Morgan fingerprint density at radius 3 is 2.74 bits per heavy atom. The van der Waals surface area contributed by atoms with E-state index in [0.717, 1.165) is 24.9 Å². The van der Waals surface area contributed by atoms with Gasteiger partial charge >= 0.3 is 6.03 Å². The van der Waals surface area contributed by atoms with Crippen LogP contribution in [0.1, 0.15) is 44.6 Å². The van der Waals surface area contributed by atoms with Crippen LogP contribution in [0.4, 0.5) is 10.5 Å². The Kier molecular flexibility index (Phi) is 4.84. The van der Waals surface area contributed by atoms with Crippen molar-refractivity contribution < 1.29 is 9.59 Å². The fourth-order valence-electron chi connectivity index (χ4n) is 3.61. The quantitative estimate of drug-likeness (QED) is 0.897. The maximum absolute atomic E-state index is 12.4. The van der Waals surface area contributed by atoms with Gasteiger partial charge in [-0.25, -0.2) is 4.79 Å². The lowest BCUT2D eigenvalue weighted by atomic mass is 10.1. The van der Waals surface area contributed by atoms with Gasteiger partial charge in [-0.15, -0.1) is 0 Å². The van der Waals surface area contributed by atoms with E-state index in [1.165, 1.54) is 18.4 Å². The van der Waals surface area contributed by atoms with Crippen molar-refractivity contribution >= 4 is 17.6 Å². The minimum atomic E-state index is -0.115. The van der Waals surface area contributed by atoms with E-state index in [1.54, 1.807) is 4.90 Å². The van der Waals surface area contributed by atoms with Gasteiger partial charge in [-0.3, -0.25) is 9.69 Å². The molecule has 0 aromatic heterocycles. The molecule has 1 aromatic rings. The van der Waals surface area contributed by atoms with Gasteiger partial charge in [0.25, 0.3) is 0 Å². The van der Waals surface area contributed by atoms with Crippen LogP contribution in [0.2, 0.25) is 0 Å². The summed E-state index contributed by atoms with van der Waals surface area (Å²) in [7, 11) is 0. The van der Waals surface area contributed by atoms with Crippen LogP contribution in [0.25, 0.3) is 0 Å². The molecular formula is C18H25N3O2. The molecule has 1 atom stereocenters. The van der Waals surface area contributed by atoms with Crippen molar-refractivity contribution in [3.05, 3.63) is 29.8 Å². The van der Waals surface area contributed by atoms with E-state index in [1.807, 2.05) is 25.1 Å². The number of nitrogens with one attached hydrogen (secondary N) is 2. The van der Waals surface area contributed by atoms with Crippen LogP contribution in [-0.4, -0.2) is 30.6 Å². The average Bonchev–Trinajstić information content (AvgIpc) is 3.13. The number of urea groups is 1. The summed E-state index contributed by atoms with van der Waals surface area (Å²) in [5, 5.41) is 5.92. The van der Waals surface area contributed by atoms with Gasteiger partial charge in [0, 0.05) is 30.7 Å². The van der Waals surface area contributed by atoms with Crippen molar-refractivity contribution in [1.82, 2.24) is 10.6 Å². The monoisotopic (exact) mass is 315 g/mol. The zero-order valence-corrected chi connectivity index (χ0v) is 13.7. The first-order valence-corrected chi connectivity index (χ1v) is 8.59. The summed E-state index contributed by atoms with van der Waals surface area (Å²) in [5.41, 5.74) is 2.18. The maximum atomic E-state index is 12.4. The number of rotatable bonds is 4. The molecule has 23 heavy (non-hydrogen) atoms. The summed E-state index contributed by atoms with van der Waals surface area (Å²) in [6.45, 7) is 2.43. The molecule has 1 unspecified atom stereocenters. The molecule has 124 valence electrons. The Bertz CT molecular complexity index is 581. The van der Waals surface area contributed by atoms with E-state index >= 15 is 0 Å². The largest absolute Gasteiger partial charge is 0.353 e. The van der Waals surface area contributed by atoms with E-state index in [-0.39, 0.29) is 18.0 Å². The summed E-state index contributed by atoms with van der Waals surface area (Å²) < 4.78 is 0. The third-order valence-electron chi connectivity index (χ3n) is 4.77. The Morgan fingerprint density at radius 2 is 1.96 bits per heavy atom. The molecule has 3 amide bonds. The Labute approximate surface area is 137 Å². The van der Waals surface area contributed by atoms with Crippen molar-refractivity contribution in [2.45, 2.75) is 57.5 Å². The number of fused-ring (bicyclic) bond motifs is 1. The van der Waals surface area contributed by atoms with E-state index in [4.69, 9.17) is 0 Å². The number of hydrogen-bond donors (Lipinski definition) is 2. The van der Waals surface area contributed by atoms with Gasteiger partial charge in [-0.2, -0.15) is 0 Å². The molecule has 1 fully saturated rings. The van der Waals surface area contributed by atoms with Gasteiger partial charge in [0.2, 0.25) is 5.91 Å². The standard InChI is InChI=1S/C18H25N3O2/c1-13-12-14-6-2-5-9-16(14)21(13)18(23)19-11-10-17(22)20-15-7-3-4-8-15/h2,5-6,9,13,15H,3-4,7-8,10-12H2,1H3,(H,19,23)(H,20,22). The summed E-state index contributed by atoms with van der Waals surface area (Å²) in [6.07, 6.45) is 5.79. The van der Waals surface area contributed by atoms with Crippen LogP contribution in [0, 0.1) is 0 Å². The van der Waals surface area contributed by atoms with Crippen LogP contribution < -0.4 is 15.5 Å². The van der Waals surface area contributed by atoms with Gasteiger partial charge in [0.15, 0.2) is 0 Å². The Hall–Kier alpha value is -2.04. The normalized spacial score (nSPS) is 20.4. The third-order valence-corrected chi connectivity index (χ3v) is 4.77. The first-order chi connectivity index (χ1) is 11.1. The van der Waals surface area contributed by atoms with Crippen LogP contribution in [0.5, 0.6) is 0 Å². The highest BCUT2D eigenvalue weighted by Crippen LogP contribution is 2.31. The number of benzene rings is 1. The van der Waals surface area contributed by atoms with Gasteiger partial charge < -0.3 is 10.6 Å². The number of carbonyl (C=O) groups excluding carboxylic acids is 2. The molecule has 1 saturated carbocycles. The zero-order valence-electron chi connectivity index (χ0n) is 13.7. The van der Waals surface area contributed by atoms with Crippen LogP contribution >= 0.6 is 0 Å². The first-order valence-electron chi connectivity index (χ1n) is 8.59. The fraction of sp³-hybridized carbons (Fsp3) is 0.556. The number of amides is 3. The number of anilines is 1. The number of para-hydroxylation sites is 1. The lowest BCUT2D eigenvalue weighted by molar-refractivity contribution is -0.121. The predicted molar refractivity (Wildman–Crippen MR) is 90.5 cm³/mol. The second-order valence-electron chi connectivity index (χ2n) is 6.58. The fourth-order valence-corrected chi connectivity index (χ4v) is 3.61. The van der Waals surface area contributed by atoms with Gasteiger partial charge in [-0.05, 0) is 37.8 Å². The lowest BCUT2D eigenvalue weighted by Gasteiger charge is -2.23. The van der Waals surface area contributed by atoms with Crippen molar-refractivity contribution in [3.63, 3.8) is 0 Å². The van der Waals surface area contributed by atoms with Gasteiger partial charge in [0.1, 0.15) is 0 Å². The molecule has 5 heteroatoms. The molecule has 2 aliphatic rings. The predicted octanol–water partition coefficient (Wildman–Crippen LogP) is 2.60. The summed E-state index contributed by atoms with van der Waals surface area (Å²) >= 11 is 0. The highest BCUT2D eigenvalue weighted by molar-refractivity contribution is 5.95. The molecule has 0 spiro atoms. The van der Waals surface area contributed by atoms with Crippen LogP contribution in [-0.2, 0) is 11.2 Å². The molecule has 0 radical (unpaired) electrons. The van der Waals surface area contributed by atoms with Crippen molar-refractivity contribution in [2.75, 3.05) is 11.4 Å². The molecule has 1 aromatic carbocycles. The van der Waals surface area contributed by atoms with E-state index in [2.05, 4.69) is 16.7 Å². The minimum Gasteiger partial charge on any atom is -0.353 e. The van der Waals surface area contributed by atoms with Crippen molar-refractivity contribution in [2.24, 2.45) is 0 Å². The highest BCUT2D eigenvalue weighted by atomic mass is 16.2. The third kappa shape index (κ3) is 3.66. The lowest BCUT2D eigenvalue weighted by Crippen LogP contribution is -2.44. The summed E-state index contributed by atoms with van der Waals surface area (Å²) in [6, 6.07) is 8.37. The number of nitrogens with zero attached hydrogens (tertiary/aromatic N) is 1. The molecule has 0 saturated heterocycles. The number of hydrogen-bond acceptors (Lipinski definition) is 2. The van der Waals surface area contributed by atoms with Gasteiger partial charge in [0.05, 0.1) is 0 Å². The molecule has 1 aliphatic heterocycles. The molecule has 3 rings (SSSR count). The zero-order chi connectivity index (χ0) is 16.2. The smallest absolute Gasteiger partial charge is 0.322 e. The second-order valence-corrected chi connectivity index (χ2v) is 6.58. The SMILES string of the molecule is CC1Cc2ccccc2N1C(=O)NCCC(=O)NC1CCCC1. The van der Waals surface area contributed by atoms with E-state index in [9.17, 15) is 9.59 Å². The first kappa shape index (κ1) is 15.8. The molecule has 5 nitrogen and oxygen atoms in total. The topological polar surface area (TPSA) is 61.4 Å². The molecule has 0 bridgehead atoms. The Balaban J connectivity index is 1.47. The summed E-state index contributed by atoms with van der Waals surface area (Å²) in [5.74, 6) is 0.0343. The highest BCUT2D eigenvalue weighted by Gasteiger charge is 2.30. The van der Waals surface area contributed by atoms with E-state index in [0.29, 0.717) is 19.0 Å².